The van der Waals surface area contributed by atoms with Crippen molar-refractivity contribution in [2.75, 3.05) is 16.8 Å². The second-order valence-electron chi connectivity index (χ2n) is 4.11. The quantitative estimate of drug-likeness (QED) is 0.846. The first-order chi connectivity index (χ1) is 7.66. The Kier molecular flexibility index (Phi) is 4.45. The molecule has 1 heterocycles. The molecule has 0 aliphatic carbocycles. The van der Waals surface area contributed by atoms with Crippen LogP contribution in [0.3, 0.4) is 0 Å². The summed E-state index contributed by atoms with van der Waals surface area (Å²) >= 11 is 11.8. The third-order valence-electron chi connectivity index (χ3n) is 2.83. The van der Waals surface area contributed by atoms with Crippen molar-refractivity contribution in [2.45, 2.75) is 25.8 Å². The van der Waals surface area contributed by atoms with Gasteiger partial charge in [0, 0.05) is 15.5 Å². The van der Waals surface area contributed by atoms with Gasteiger partial charge in [0.1, 0.15) is 0 Å². The summed E-state index contributed by atoms with van der Waals surface area (Å²) in [6.07, 6.45) is 2.48. The van der Waals surface area contributed by atoms with Gasteiger partial charge in [-0.15, -0.1) is 0 Å². The van der Waals surface area contributed by atoms with Gasteiger partial charge in [-0.3, -0.25) is 0 Å². The van der Waals surface area contributed by atoms with Crippen molar-refractivity contribution in [3.8, 4) is 0 Å². The van der Waals surface area contributed by atoms with Crippen LogP contribution in [0.5, 0.6) is 0 Å². The summed E-state index contributed by atoms with van der Waals surface area (Å²) in [6, 6.07) is 4.68. The predicted octanol–water partition coefficient (Wildman–Crippen LogP) is 4.72. The van der Waals surface area contributed by atoms with Crippen LogP contribution >= 0.6 is 39.3 Å². The predicted molar refractivity (Wildman–Crippen MR) is 77.9 cm³/mol. The van der Waals surface area contributed by atoms with Gasteiger partial charge in [0.15, 0.2) is 0 Å². The van der Waals surface area contributed by atoms with Crippen LogP contribution in [0.25, 0.3) is 0 Å². The normalized spacial score (nSPS) is 17.4. The zero-order chi connectivity index (χ0) is 11.5. The van der Waals surface area contributed by atoms with Gasteiger partial charge in [0.2, 0.25) is 0 Å². The minimum Gasteiger partial charge on any atom is -0.381 e. The molecule has 1 aromatic rings. The molecule has 0 amide bonds. The van der Waals surface area contributed by atoms with Crippen molar-refractivity contribution in [3.63, 3.8) is 0 Å². The van der Waals surface area contributed by atoms with Gasteiger partial charge in [-0.2, -0.15) is 11.8 Å². The lowest BCUT2D eigenvalue weighted by Gasteiger charge is -2.24. The Bertz CT molecular complexity index is 378. The van der Waals surface area contributed by atoms with Crippen molar-refractivity contribution in [1.82, 2.24) is 0 Å². The molecule has 1 fully saturated rings. The minimum atomic E-state index is 0.594. The Labute approximate surface area is 114 Å². The molecule has 1 aliphatic rings. The summed E-state index contributed by atoms with van der Waals surface area (Å²) in [6.45, 7) is 2.02. The van der Waals surface area contributed by atoms with Gasteiger partial charge >= 0.3 is 0 Å². The number of hydrogen-bond acceptors (Lipinski definition) is 2. The summed E-state index contributed by atoms with van der Waals surface area (Å²) in [7, 11) is 0. The lowest BCUT2D eigenvalue weighted by molar-refractivity contribution is 0.666. The third-order valence-corrected chi connectivity index (χ3v) is 4.94. The molecule has 1 saturated heterocycles. The Hall–Kier alpha value is 0.140. The fourth-order valence-corrected chi connectivity index (χ4v) is 3.66. The number of anilines is 1. The van der Waals surface area contributed by atoms with Crippen LogP contribution < -0.4 is 5.32 Å². The molecule has 2 rings (SSSR count). The van der Waals surface area contributed by atoms with E-state index >= 15 is 0 Å². The number of benzene rings is 1. The zero-order valence-corrected chi connectivity index (χ0v) is 12.4. The van der Waals surface area contributed by atoms with Crippen LogP contribution in [-0.4, -0.2) is 17.5 Å². The topological polar surface area (TPSA) is 12.0 Å². The van der Waals surface area contributed by atoms with E-state index in [1.165, 1.54) is 24.3 Å². The minimum absolute atomic E-state index is 0.594. The number of hydrogen-bond donors (Lipinski definition) is 1. The number of rotatable bonds is 2. The molecule has 0 aromatic heterocycles. The van der Waals surface area contributed by atoms with Crippen LogP contribution in [-0.2, 0) is 0 Å². The molecule has 1 aliphatic heterocycles. The summed E-state index contributed by atoms with van der Waals surface area (Å²) < 4.78 is 1.10. The third kappa shape index (κ3) is 3.08. The molecule has 0 spiro atoms. The largest absolute Gasteiger partial charge is 0.381 e. The highest BCUT2D eigenvalue weighted by Crippen LogP contribution is 2.31. The van der Waals surface area contributed by atoms with Gasteiger partial charge in [0.05, 0.1) is 5.69 Å². The molecular formula is C12H15BrClNS. The molecular weight excluding hydrogens is 306 g/mol. The number of halogens is 2. The number of thioether (sulfide) groups is 1. The molecule has 0 unspecified atom stereocenters. The monoisotopic (exact) mass is 319 g/mol. The second kappa shape index (κ2) is 5.65. The van der Waals surface area contributed by atoms with Crippen molar-refractivity contribution >= 4 is 45.0 Å². The summed E-state index contributed by atoms with van der Waals surface area (Å²) in [4.78, 5) is 0. The Balaban J connectivity index is 2.11. The molecule has 16 heavy (non-hydrogen) atoms. The van der Waals surface area contributed by atoms with Gasteiger partial charge in [-0.05, 0) is 64.9 Å². The first-order valence-corrected chi connectivity index (χ1v) is 7.79. The summed E-state index contributed by atoms with van der Waals surface area (Å²) in [5.74, 6) is 2.52. The van der Waals surface area contributed by atoms with Gasteiger partial charge in [-0.1, -0.05) is 11.6 Å². The van der Waals surface area contributed by atoms with Crippen LogP contribution in [0.4, 0.5) is 5.69 Å². The zero-order valence-electron chi connectivity index (χ0n) is 9.22. The second-order valence-corrected chi connectivity index (χ2v) is 6.60. The molecule has 0 bridgehead atoms. The maximum absolute atomic E-state index is 6.14. The van der Waals surface area contributed by atoms with Gasteiger partial charge in [-0.25, -0.2) is 0 Å². The van der Waals surface area contributed by atoms with E-state index in [1.54, 1.807) is 0 Å². The molecule has 0 radical (unpaired) electrons. The highest BCUT2D eigenvalue weighted by molar-refractivity contribution is 9.10. The van der Waals surface area contributed by atoms with Gasteiger partial charge in [0.25, 0.3) is 0 Å². The number of aryl methyl sites for hydroxylation is 1. The molecule has 0 atom stereocenters. The lowest BCUT2D eigenvalue weighted by Crippen LogP contribution is -2.24. The number of nitrogens with one attached hydrogen (secondary N) is 1. The molecule has 4 heteroatoms. The summed E-state index contributed by atoms with van der Waals surface area (Å²) in [5, 5.41) is 4.40. The molecule has 1 nitrogen and oxygen atoms in total. The standard InChI is InChI=1S/C12H15BrClNS/c1-8-6-10(13)12(7-11(8)14)15-9-2-4-16-5-3-9/h6-7,9,15H,2-5H2,1H3. The first kappa shape index (κ1) is 12.6. The maximum Gasteiger partial charge on any atom is 0.0501 e. The Morgan fingerprint density at radius 1 is 1.38 bits per heavy atom. The van der Waals surface area contributed by atoms with E-state index < -0.39 is 0 Å². The van der Waals surface area contributed by atoms with Gasteiger partial charge < -0.3 is 5.32 Å². The van der Waals surface area contributed by atoms with Crippen LogP contribution in [0.1, 0.15) is 18.4 Å². The Morgan fingerprint density at radius 2 is 2.06 bits per heavy atom. The maximum atomic E-state index is 6.14. The fraction of sp³-hybridized carbons (Fsp3) is 0.500. The van der Waals surface area contributed by atoms with E-state index in [0.29, 0.717) is 6.04 Å². The van der Waals surface area contributed by atoms with Crippen LogP contribution in [0, 0.1) is 6.92 Å². The Morgan fingerprint density at radius 3 is 2.75 bits per heavy atom. The highest BCUT2D eigenvalue weighted by Gasteiger charge is 2.14. The van der Waals surface area contributed by atoms with E-state index in [1.807, 2.05) is 24.8 Å². The highest BCUT2D eigenvalue weighted by atomic mass is 79.9. The molecule has 1 aromatic carbocycles. The van der Waals surface area contributed by atoms with Crippen LogP contribution in [0.15, 0.2) is 16.6 Å². The van der Waals surface area contributed by atoms with E-state index in [0.717, 1.165) is 20.7 Å². The summed E-state index contributed by atoms with van der Waals surface area (Å²) in [5.41, 5.74) is 2.23. The van der Waals surface area contributed by atoms with Crippen molar-refractivity contribution in [2.24, 2.45) is 0 Å². The van der Waals surface area contributed by atoms with Crippen molar-refractivity contribution in [1.29, 1.82) is 0 Å². The molecule has 1 N–H and O–H groups in total. The van der Waals surface area contributed by atoms with Crippen LogP contribution in [0.2, 0.25) is 5.02 Å². The first-order valence-electron chi connectivity index (χ1n) is 5.47. The average Bonchev–Trinajstić information content (AvgIpc) is 2.27. The fourth-order valence-electron chi connectivity index (χ4n) is 1.82. The molecule has 88 valence electrons. The smallest absolute Gasteiger partial charge is 0.0501 e. The van der Waals surface area contributed by atoms with E-state index in [4.69, 9.17) is 11.6 Å². The SMILES string of the molecule is Cc1cc(Br)c(NC2CCSCC2)cc1Cl. The van der Waals surface area contributed by atoms with Crippen molar-refractivity contribution in [3.05, 3.63) is 27.2 Å². The average molecular weight is 321 g/mol. The molecule has 0 saturated carbocycles. The van der Waals surface area contributed by atoms with E-state index in [-0.39, 0.29) is 0 Å². The van der Waals surface area contributed by atoms with E-state index in [9.17, 15) is 0 Å². The van der Waals surface area contributed by atoms with Crippen molar-refractivity contribution < 1.29 is 0 Å². The lowest BCUT2D eigenvalue weighted by atomic mass is 10.1. The van der Waals surface area contributed by atoms with E-state index in [2.05, 4.69) is 27.3 Å².